The molecule has 0 radical (unpaired) electrons. The van der Waals surface area contributed by atoms with Crippen molar-refractivity contribution in [2.24, 2.45) is 0 Å². The first-order valence-electron chi connectivity index (χ1n) is 32.9. The van der Waals surface area contributed by atoms with Crippen LogP contribution >= 0.6 is 0 Å². The number of ether oxygens (including phenoxy) is 1. The summed E-state index contributed by atoms with van der Waals surface area (Å²) in [5.41, 5.74) is 0. The van der Waals surface area contributed by atoms with Crippen LogP contribution in [0.4, 0.5) is 0 Å². The number of rotatable bonds is 61. The fourth-order valence-electron chi connectivity index (χ4n) is 10.0. The van der Waals surface area contributed by atoms with Crippen LogP contribution in [0.1, 0.15) is 348 Å². The van der Waals surface area contributed by atoms with Crippen molar-refractivity contribution >= 4 is 11.9 Å². The van der Waals surface area contributed by atoms with Crippen LogP contribution in [-0.4, -0.2) is 47.4 Å². The van der Waals surface area contributed by atoms with Gasteiger partial charge in [0.2, 0.25) is 5.91 Å². The van der Waals surface area contributed by atoms with Crippen LogP contribution in [0.3, 0.4) is 0 Å². The summed E-state index contributed by atoms with van der Waals surface area (Å²) in [6.45, 7) is 4.87. The van der Waals surface area contributed by atoms with Gasteiger partial charge in [-0.3, -0.25) is 9.59 Å². The van der Waals surface area contributed by atoms with E-state index in [1.54, 1.807) is 6.08 Å². The topological polar surface area (TPSA) is 95.9 Å². The third-order valence-corrected chi connectivity index (χ3v) is 15.1. The van der Waals surface area contributed by atoms with Gasteiger partial charge in [-0.15, -0.1) is 0 Å². The van der Waals surface area contributed by atoms with E-state index < -0.39 is 12.1 Å². The maximum Gasteiger partial charge on any atom is 0.305 e. The molecule has 2 atom stereocenters. The molecule has 434 valence electrons. The van der Waals surface area contributed by atoms with E-state index in [0.717, 1.165) is 51.4 Å². The molecular weight excluding hydrogens is 911 g/mol. The van der Waals surface area contributed by atoms with E-state index in [4.69, 9.17) is 4.74 Å². The Labute approximate surface area is 461 Å². The lowest BCUT2D eigenvalue weighted by Gasteiger charge is -2.20. The highest BCUT2D eigenvalue weighted by molar-refractivity contribution is 5.76. The molecule has 0 aliphatic rings. The molecule has 1 amide bonds. The standard InChI is InChI=1S/C68H127NO5/c1-3-5-7-9-11-13-14-38-42-46-50-54-58-62-68(73)74-63-59-55-51-47-43-40-37-35-33-31-29-27-25-23-21-19-17-15-16-18-20-22-24-26-28-30-32-34-36-39-41-45-49-53-57-61-67(72)69-65(64-70)66(71)60-56-52-48-44-12-10-8-6-4-2/h13-14,17,19,23,25,56,60,65-66,70-71H,3-12,15-16,18,20-22,24,26-55,57-59,61-64H2,1-2H3,(H,69,72)/b14-13-,19-17-,25-23-,60-56+. The molecule has 0 fully saturated rings. The number of unbranched alkanes of at least 4 members (excludes halogenated alkanes) is 44. The van der Waals surface area contributed by atoms with Gasteiger partial charge in [0.25, 0.3) is 0 Å². The molecule has 0 rings (SSSR count). The second-order valence-corrected chi connectivity index (χ2v) is 22.4. The maximum absolute atomic E-state index is 12.4. The Morgan fingerprint density at radius 1 is 0.378 bits per heavy atom. The summed E-state index contributed by atoms with van der Waals surface area (Å²) in [7, 11) is 0. The Morgan fingerprint density at radius 2 is 0.676 bits per heavy atom. The molecule has 6 nitrogen and oxygen atoms in total. The number of esters is 1. The van der Waals surface area contributed by atoms with E-state index in [1.165, 1.54) is 270 Å². The Kier molecular flexibility index (Phi) is 61.5. The number of carbonyl (C=O) groups is 2. The van der Waals surface area contributed by atoms with Crippen molar-refractivity contribution in [1.29, 1.82) is 0 Å². The zero-order valence-corrected chi connectivity index (χ0v) is 49.6. The second-order valence-electron chi connectivity index (χ2n) is 22.4. The number of amides is 1. The van der Waals surface area contributed by atoms with Gasteiger partial charge in [0.1, 0.15) is 0 Å². The first-order valence-corrected chi connectivity index (χ1v) is 32.9. The average Bonchev–Trinajstić information content (AvgIpc) is 3.40. The fourth-order valence-corrected chi connectivity index (χ4v) is 10.0. The van der Waals surface area contributed by atoms with Crippen molar-refractivity contribution in [3.05, 3.63) is 48.6 Å². The number of hydrogen-bond acceptors (Lipinski definition) is 5. The van der Waals surface area contributed by atoms with Gasteiger partial charge in [0.05, 0.1) is 25.4 Å². The predicted octanol–water partition coefficient (Wildman–Crippen LogP) is 20.9. The Balaban J connectivity index is 3.36. The SMILES string of the molecule is CCCCCC/C=C\CCCCCCCC(=O)OCCCCCCCCCCCCC/C=C\C/C=C\CCCCCCCCCCCCCCCCCCCC(=O)NC(CO)C(O)/C=C/CCCCCCCCC. The van der Waals surface area contributed by atoms with E-state index in [1.807, 2.05) is 6.08 Å². The van der Waals surface area contributed by atoms with Crippen LogP contribution in [0.15, 0.2) is 48.6 Å². The molecule has 0 aromatic rings. The van der Waals surface area contributed by atoms with E-state index >= 15 is 0 Å². The molecule has 0 aliphatic carbocycles. The van der Waals surface area contributed by atoms with Crippen LogP contribution in [0.25, 0.3) is 0 Å². The maximum atomic E-state index is 12.4. The minimum atomic E-state index is -0.841. The van der Waals surface area contributed by atoms with Crippen LogP contribution < -0.4 is 5.32 Å². The zero-order valence-electron chi connectivity index (χ0n) is 49.6. The molecule has 0 saturated heterocycles. The van der Waals surface area contributed by atoms with Gasteiger partial charge < -0.3 is 20.3 Å². The van der Waals surface area contributed by atoms with Crippen LogP contribution in [0, 0.1) is 0 Å². The molecule has 0 aromatic heterocycles. The monoisotopic (exact) mass is 1040 g/mol. The van der Waals surface area contributed by atoms with E-state index in [-0.39, 0.29) is 18.5 Å². The first-order chi connectivity index (χ1) is 36.5. The van der Waals surface area contributed by atoms with E-state index in [2.05, 4.69) is 55.6 Å². The van der Waals surface area contributed by atoms with Gasteiger partial charge in [0, 0.05) is 12.8 Å². The molecule has 74 heavy (non-hydrogen) atoms. The van der Waals surface area contributed by atoms with Crippen molar-refractivity contribution in [2.45, 2.75) is 360 Å². The third-order valence-electron chi connectivity index (χ3n) is 15.1. The smallest absolute Gasteiger partial charge is 0.305 e. The number of allylic oxidation sites excluding steroid dienone is 7. The summed E-state index contributed by atoms with van der Waals surface area (Å²) >= 11 is 0. The Morgan fingerprint density at radius 3 is 1.05 bits per heavy atom. The number of nitrogens with one attached hydrogen (secondary N) is 1. The lowest BCUT2D eigenvalue weighted by atomic mass is 10.0. The fraction of sp³-hybridized carbons (Fsp3) is 0.853. The van der Waals surface area contributed by atoms with Crippen molar-refractivity contribution in [3.8, 4) is 0 Å². The lowest BCUT2D eigenvalue weighted by molar-refractivity contribution is -0.143. The quantitative estimate of drug-likeness (QED) is 0.0320. The molecule has 0 saturated carbocycles. The van der Waals surface area contributed by atoms with Gasteiger partial charge in [-0.1, -0.05) is 294 Å². The summed E-state index contributed by atoms with van der Waals surface area (Å²) in [4.78, 5) is 24.4. The molecular formula is C68H127NO5. The van der Waals surface area contributed by atoms with Crippen LogP contribution in [0.5, 0.6) is 0 Å². The Bertz CT molecular complexity index is 1240. The van der Waals surface area contributed by atoms with Gasteiger partial charge >= 0.3 is 5.97 Å². The molecule has 0 bridgehead atoms. The number of hydrogen-bond donors (Lipinski definition) is 3. The lowest BCUT2D eigenvalue weighted by Crippen LogP contribution is -2.45. The molecule has 2 unspecified atom stereocenters. The predicted molar refractivity (Wildman–Crippen MR) is 324 cm³/mol. The van der Waals surface area contributed by atoms with E-state index in [0.29, 0.717) is 19.4 Å². The normalized spacial score (nSPS) is 12.9. The molecule has 0 heterocycles. The molecule has 0 aliphatic heterocycles. The van der Waals surface area contributed by atoms with Crippen LogP contribution in [0.2, 0.25) is 0 Å². The highest BCUT2D eigenvalue weighted by atomic mass is 16.5. The van der Waals surface area contributed by atoms with Gasteiger partial charge in [-0.25, -0.2) is 0 Å². The van der Waals surface area contributed by atoms with Crippen molar-refractivity contribution in [3.63, 3.8) is 0 Å². The van der Waals surface area contributed by atoms with Gasteiger partial charge in [0.15, 0.2) is 0 Å². The van der Waals surface area contributed by atoms with Crippen molar-refractivity contribution in [1.82, 2.24) is 5.32 Å². The van der Waals surface area contributed by atoms with E-state index in [9.17, 15) is 19.8 Å². The van der Waals surface area contributed by atoms with Gasteiger partial charge in [-0.2, -0.15) is 0 Å². The molecule has 0 aromatic carbocycles. The third kappa shape index (κ3) is 59.1. The summed E-state index contributed by atoms with van der Waals surface area (Å²) in [6, 6.07) is -0.624. The summed E-state index contributed by atoms with van der Waals surface area (Å²) in [6.07, 6.45) is 82.0. The molecule has 6 heteroatoms. The first kappa shape index (κ1) is 71.8. The average molecular weight is 1040 g/mol. The number of aliphatic hydroxyl groups excluding tert-OH is 2. The highest BCUT2D eigenvalue weighted by Gasteiger charge is 2.18. The molecule has 0 spiro atoms. The highest BCUT2D eigenvalue weighted by Crippen LogP contribution is 2.17. The van der Waals surface area contributed by atoms with Crippen molar-refractivity contribution in [2.75, 3.05) is 13.2 Å². The summed E-state index contributed by atoms with van der Waals surface area (Å²) < 4.78 is 5.47. The minimum absolute atomic E-state index is 0.00696. The van der Waals surface area contributed by atoms with Gasteiger partial charge in [-0.05, 0) is 89.9 Å². The minimum Gasteiger partial charge on any atom is -0.466 e. The molecule has 3 N–H and O–H groups in total. The second kappa shape index (κ2) is 63.4. The van der Waals surface area contributed by atoms with Crippen molar-refractivity contribution < 1.29 is 24.5 Å². The largest absolute Gasteiger partial charge is 0.466 e. The van der Waals surface area contributed by atoms with Crippen LogP contribution in [-0.2, 0) is 14.3 Å². The number of carbonyl (C=O) groups excluding carboxylic acids is 2. The zero-order chi connectivity index (χ0) is 53.6. The summed E-state index contributed by atoms with van der Waals surface area (Å²) in [5.74, 6) is -0.0609. The Hall–Kier alpha value is -2.18. The summed E-state index contributed by atoms with van der Waals surface area (Å²) in [5, 5.41) is 23.0. The number of aliphatic hydroxyl groups is 2.